The lowest BCUT2D eigenvalue weighted by Crippen LogP contribution is -2.43. The Bertz CT molecular complexity index is 239. The van der Waals surface area contributed by atoms with Crippen LogP contribution < -0.4 is 5.32 Å². The maximum atomic E-state index is 5.64. The minimum atomic E-state index is 0.128. The van der Waals surface area contributed by atoms with Gasteiger partial charge in [-0.1, -0.05) is 12.8 Å². The molecule has 1 saturated carbocycles. The van der Waals surface area contributed by atoms with Crippen LogP contribution in [0.2, 0.25) is 0 Å². The molecule has 1 heterocycles. The predicted molar refractivity (Wildman–Crippen MR) is 61.5 cm³/mol. The number of nitrogens with one attached hydrogen (secondary N) is 1. The molecule has 0 aromatic rings. The molecule has 1 aliphatic carbocycles. The molecule has 15 heavy (non-hydrogen) atoms. The Labute approximate surface area is 92.8 Å². The van der Waals surface area contributed by atoms with Gasteiger partial charge in [0.2, 0.25) is 0 Å². The van der Waals surface area contributed by atoms with Gasteiger partial charge >= 0.3 is 0 Å². The Morgan fingerprint density at radius 2 is 2.27 bits per heavy atom. The summed E-state index contributed by atoms with van der Waals surface area (Å²) in [6.45, 7) is 3.20. The van der Waals surface area contributed by atoms with Gasteiger partial charge in [-0.15, -0.1) is 6.42 Å². The van der Waals surface area contributed by atoms with Crippen LogP contribution in [-0.4, -0.2) is 24.8 Å². The molecular weight excluding hydrogens is 186 g/mol. The number of rotatable bonds is 3. The van der Waals surface area contributed by atoms with E-state index in [1.54, 1.807) is 0 Å². The highest BCUT2D eigenvalue weighted by atomic mass is 16.5. The lowest BCUT2D eigenvalue weighted by atomic mass is 10.1. The van der Waals surface area contributed by atoms with Gasteiger partial charge in [0.05, 0.1) is 12.1 Å². The van der Waals surface area contributed by atoms with Gasteiger partial charge in [-0.05, 0) is 38.0 Å². The maximum Gasteiger partial charge on any atom is 0.0954 e. The standard InChI is InChI=1S/C13H21NO/c1-3-12(13-5-4-8-15-13)14-11-7-6-10(2)9-11/h1,10-14H,4-9H2,2H3/t10-,11+,12-,13+/m0/s1. The van der Waals surface area contributed by atoms with Crippen molar-refractivity contribution >= 4 is 0 Å². The third-order valence-corrected chi connectivity index (χ3v) is 3.63. The first kappa shape index (κ1) is 11.0. The number of hydrogen-bond acceptors (Lipinski definition) is 2. The van der Waals surface area contributed by atoms with Crippen molar-refractivity contribution in [1.29, 1.82) is 0 Å². The third-order valence-electron chi connectivity index (χ3n) is 3.63. The molecule has 84 valence electrons. The van der Waals surface area contributed by atoms with E-state index in [-0.39, 0.29) is 12.1 Å². The molecule has 0 bridgehead atoms. The van der Waals surface area contributed by atoms with Crippen molar-refractivity contribution in [3.8, 4) is 12.3 Å². The topological polar surface area (TPSA) is 21.3 Å². The molecule has 0 unspecified atom stereocenters. The Balaban J connectivity index is 1.83. The van der Waals surface area contributed by atoms with Gasteiger partial charge in [0, 0.05) is 12.6 Å². The van der Waals surface area contributed by atoms with Crippen LogP contribution in [0.4, 0.5) is 0 Å². The predicted octanol–water partition coefficient (Wildman–Crippen LogP) is 1.95. The van der Waals surface area contributed by atoms with E-state index in [1.165, 1.54) is 19.3 Å². The first-order chi connectivity index (χ1) is 7.29. The van der Waals surface area contributed by atoms with Gasteiger partial charge in [-0.3, -0.25) is 5.32 Å². The van der Waals surface area contributed by atoms with Crippen LogP contribution in [0.15, 0.2) is 0 Å². The summed E-state index contributed by atoms with van der Waals surface area (Å²) in [7, 11) is 0. The molecule has 4 atom stereocenters. The molecule has 1 N–H and O–H groups in total. The summed E-state index contributed by atoms with van der Waals surface area (Å²) >= 11 is 0. The van der Waals surface area contributed by atoms with Crippen molar-refractivity contribution in [3.05, 3.63) is 0 Å². The van der Waals surface area contributed by atoms with E-state index in [0.717, 1.165) is 25.4 Å². The average molecular weight is 207 g/mol. The highest BCUT2D eigenvalue weighted by molar-refractivity contribution is 5.05. The average Bonchev–Trinajstić information content (AvgIpc) is 2.85. The van der Waals surface area contributed by atoms with Crippen LogP contribution in [-0.2, 0) is 4.74 Å². The highest BCUT2D eigenvalue weighted by Crippen LogP contribution is 2.26. The summed E-state index contributed by atoms with van der Waals surface area (Å²) in [5, 5.41) is 3.58. The van der Waals surface area contributed by atoms with E-state index in [1.807, 2.05) is 0 Å². The van der Waals surface area contributed by atoms with E-state index < -0.39 is 0 Å². The number of hydrogen-bond donors (Lipinski definition) is 1. The zero-order valence-corrected chi connectivity index (χ0v) is 9.54. The Kier molecular flexibility index (Phi) is 3.66. The Hall–Kier alpha value is -0.520. The lowest BCUT2D eigenvalue weighted by Gasteiger charge is -2.23. The van der Waals surface area contributed by atoms with E-state index in [4.69, 9.17) is 11.2 Å². The van der Waals surface area contributed by atoms with Crippen LogP contribution in [0.5, 0.6) is 0 Å². The smallest absolute Gasteiger partial charge is 0.0954 e. The molecule has 1 saturated heterocycles. The Morgan fingerprint density at radius 3 is 2.80 bits per heavy atom. The van der Waals surface area contributed by atoms with E-state index >= 15 is 0 Å². The molecular formula is C13H21NO. The van der Waals surface area contributed by atoms with Gasteiger partial charge in [0.25, 0.3) is 0 Å². The normalized spacial score (nSPS) is 37.7. The van der Waals surface area contributed by atoms with Crippen molar-refractivity contribution in [2.75, 3.05) is 6.61 Å². The first-order valence-corrected chi connectivity index (χ1v) is 6.13. The van der Waals surface area contributed by atoms with Crippen molar-refractivity contribution in [1.82, 2.24) is 5.32 Å². The zero-order chi connectivity index (χ0) is 10.7. The van der Waals surface area contributed by atoms with Crippen molar-refractivity contribution in [2.45, 2.75) is 57.2 Å². The molecule has 2 fully saturated rings. The monoisotopic (exact) mass is 207 g/mol. The number of ether oxygens (including phenoxy) is 1. The second-order valence-electron chi connectivity index (χ2n) is 4.98. The summed E-state index contributed by atoms with van der Waals surface area (Å²) in [4.78, 5) is 0. The quantitative estimate of drug-likeness (QED) is 0.714. The van der Waals surface area contributed by atoms with Crippen molar-refractivity contribution < 1.29 is 4.74 Å². The van der Waals surface area contributed by atoms with Gasteiger partial charge in [0.1, 0.15) is 0 Å². The third kappa shape index (κ3) is 2.74. The van der Waals surface area contributed by atoms with Gasteiger partial charge in [-0.25, -0.2) is 0 Å². The van der Waals surface area contributed by atoms with Gasteiger partial charge < -0.3 is 4.74 Å². The van der Waals surface area contributed by atoms with E-state index in [2.05, 4.69) is 18.2 Å². The van der Waals surface area contributed by atoms with Crippen LogP contribution in [0.25, 0.3) is 0 Å². The van der Waals surface area contributed by atoms with Crippen molar-refractivity contribution in [3.63, 3.8) is 0 Å². The summed E-state index contributed by atoms with van der Waals surface area (Å²) in [5.41, 5.74) is 0. The molecule has 0 radical (unpaired) electrons. The molecule has 2 heteroatoms. The Morgan fingerprint density at radius 1 is 1.40 bits per heavy atom. The second kappa shape index (κ2) is 5.01. The molecule has 2 aliphatic rings. The van der Waals surface area contributed by atoms with Crippen LogP contribution in [0.3, 0.4) is 0 Å². The van der Waals surface area contributed by atoms with Gasteiger partial charge in [-0.2, -0.15) is 0 Å². The summed E-state index contributed by atoms with van der Waals surface area (Å²) in [6, 6.07) is 0.744. The maximum absolute atomic E-state index is 5.64. The van der Waals surface area contributed by atoms with Crippen molar-refractivity contribution in [2.24, 2.45) is 5.92 Å². The summed E-state index contributed by atoms with van der Waals surface area (Å²) < 4.78 is 5.64. The molecule has 0 aromatic carbocycles. The largest absolute Gasteiger partial charge is 0.376 e. The molecule has 0 spiro atoms. The fourth-order valence-electron chi connectivity index (χ4n) is 2.74. The number of terminal acetylenes is 1. The van der Waals surface area contributed by atoms with Crippen LogP contribution in [0.1, 0.15) is 39.0 Å². The first-order valence-electron chi connectivity index (χ1n) is 6.13. The highest BCUT2D eigenvalue weighted by Gasteiger charge is 2.29. The van der Waals surface area contributed by atoms with Crippen LogP contribution in [0, 0.1) is 18.3 Å². The summed E-state index contributed by atoms with van der Waals surface area (Å²) in [5.74, 6) is 3.70. The molecule has 2 rings (SSSR count). The van der Waals surface area contributed by atoms with Crippen LogP contribution >= 0.6 is 0 Å². The lowest BCUT2D eigenvalue weighted by molar-refractivity contribution is 0.0903. The minimum absolute atomic E-state index is 0.128. The molecule has 0 aromatic heterocycles. The molecule has 0 amide bonds. The van der Waals surface area contributed by atoms with Gasteiger partial charge in [0.15, 0.2) is 0 Å². The molecule has 1 aliphatic heterocycles. The SMILES string of the molecule is C#C[C@H](N[C@@H]1CC[C@H](C)C1)[C@H]1CCCO1. The minimum Gasteiger partial charge on any atom is -0.376 e. The second-order valence-corrected chi connectivity index (χ2v) is 4.98. The van der Waals surface area contributed by atoms with E-state index in [0.29, 0.717) is 6.04 Å². The molecule has 2 nitrogen and oxygen atoms in total. The fourth-order valence-corrected chi connectivity index (χ4v) is 2.74. The zero-order valence-electron chi connectivity index (χ0n) is 9.54. The van der Waals surface area contributed by atoms with E-state index in [9.17, 15) is 0 Å². The summed E-state index contributed by atoms with van der Waals surface area (Å²) in [6.07, 6.45) is 12.0. The fraction of sp³-hybridized carbons (Fsp3) is 0.846.